The van der Waals surface area contributed by atoms with Crippen LogP contribution in [0.2, 0.25) is 5.02 Å². The maximum atomic E-state index is 12.2. The molecule has 0 saturated carbocycles. The van der Waals surface area contributed by atoms with Crippen LogP contribution in [0.25, 0.3) is 0 Å². The number of thiophene rings is 1. The maximum Gasteiger partial charge on any atom is 0.261 e. The summed E-state index contributed by atoms with van der Waals surface area (Å²) in [5.41, 5.74) is 7.24. The summed E-state index contributed by atoms with van der Waals surface area (Å²) in [6.45, 7) is 2.65. The summed E-state index contributed by atoms with van der Waals surface area (Å²) >= 11 is 7.43. The van der Waals surface area contributed by atoms with Crippen LogP contribution in [0.15, 0.2) is 30.3 Å². The fourth-order valence-electron chi connectivity index (χ4n) is 1.75. The zero-order chi connectivity index (χ0) is 15.2. The number of amides is 1. The van der Waals surface area contributed by atoms with E-state index in [0.717, 1.165) is 16.0 Å². The van der Waals surface area contributed by atoms with E-state index < -0.39 is 0 Å². The largest absolute Gasteiger partial charge is 0.347 e. The molecule has 0 radical (unpaired) electrons. The summed E-state index contributed by atoms with van der Waals surface area (Å²) in [6.07, 6.45) is 0. The Morgan fingerprint density at radius 2 is 2.19 bits per heavy atom. The number of aryl methyl sites for hydroxylation is 1. The molecule has 0 aliphatic heterocycles. The number of nitrogens with one attached hydrogen (secondary N) is 1. The average Bonchev–Trinajstić information content (AvgIpc) is 2.85. The molecule has 5 heteroatoms. The Morgan fingerprint density at radius 1 is 1.43 bits per heavy atom. The third-order valence-electron chi connectivity index (χ3n) is 2.84. The van der Waals surface area contributed by atoms with E-state index in [0.29, 0.717) is 23.0 Å². The molecule has 1 aromatic carbocycles. The van der Waals surface area contributed by atoms with E-state index in [1.54, 1.807) is 6.07 Å². The van der Waals surface area contributed by atoms with Gasteiger partial charge in [0.25, 0.3) is 5.91 Å². The van der Waals surface area contributed by atoms with Crippen molar-refractivity contribution in [3.05, 3.63) is 56.2 Å². The molecule has 0 aliphatic carbocycles. The van der Waals surface area contributed by atoms with Crippen molar-refractivity contribution in [2.45, 2.75) is 13.5 Å². The summed E-state index contributed by atoms with van der Waals surface area (Å²) in [5, 5.41) is 3.51. The molecule has 3 N–H and O–H groups in total. The lowest BCUT2D eigenvalue weighted by atomic mass is 10.2. The van der Waals surface area contributed by atoms with Crippen molar-refractivity contribution >= 4 is 28.8 Å². The van der Waals surface area contributed by atoms with E-state index in [4.69, 9.17) is 17.3 Å². The van der Waals surface area contributed by atoms with Crippen LogP contribution in [0.3, 0.4) is 0 Å². The molecule has 0 unspecified atom stereocenters. The lowest BCUT2D eigenvalue weighted by Crippen LogP contribution is -2.21. The zero-order valence-corrected chi connectivity index (χ0v) is 13.1. The topological polar surface area (TPSA) is 55.1 Å². The molecule has 0 bridgehead atoms. The summed E-state index contributed by atoms with van der Waals surface area (Å²) in [6, 6.07) is 9.29. The quantitative estimate of drug-likeness (QED) is 0.855. The highest BCUT2D eigenvalue weighted by Crippen LogP contribution is 2.21. The molecule has 2 rings (SSSR count). The number of hydrogen-bond donors (Lipinski definition) is 2. The second-order valence-corrected chi connectivity index (χ2v) is 5.86. The van der Waals surface area contributed by atoms with Gasteiger partial charge in [-0.25, -0.2) is 0 Å². The fraction of sp³-hybridized carbons (Fsp3) is 0.188. The number of rotatable bonds is 3. The van der Waals surface area contributed by atoms with Gasteiger partial charge in [-0.05, 0) is 30.2 Å². The van der Waals surface area contributed by atoms with Gasteiger partial charge in [-0.15, -0.1) is 11.3 Å². The molecular formula is C16H15ClN2OS. The molecule has 0 saturated heterocycles. The van der Waals surface area contributed by atoms with Gasteiger partial charge in [0.1, 0.15) is 0 Å². The Bertz CT molecular complexity index is 713. The van der Waals surface area contributed by atoms with Crippen molar-refractivity contribution in [3.8, 4) is 11.8 Å². The highest BCUT2D eigenvalue weighted by atomic mass is 35.5. The van der Waals surface area contributed by atoms with Crippen LogP contribution in [-0.4, -0.2) is 12.5 Å². The van der Waals surface area contributed by atoms with Crippen LogP contribution in [0.1, 0.15) is 25.7 Å². The lowest BCUT2D eigenvalue weighted by Gasteiger charge is -2.05. The van der Waals surface area contributed by atoms with Crippen molar-refractivity contribution < 1.29 is 4.79 Å². The minimum atomic E-state index is -0.121. The maximum absolute atomic E-state index is 12.2. The highest BCUT2D eigenvalue weighted by molar-refractivity contribution is 7.14. The van der Waals surface area contributed by atoms with Crippen LogP contribution >= 0.6 is 22.9 Å². The van der Waals surface area contributed by atoms with Crippen LogP contribution in [0, 0.1) is 18.8 Å². The molecular weight excluding hydrogens is 304 g/mol. The Kier molecular flexibility index (Phi) is 5.40. The first-order valence-electron chi connectivity index (χ1n) is 6.42. The van der Waals surface area contributed by atoms with Gasteiger partial charge in [0.2, 0.25) is 0 Å². The molecule has 3 nitrogen and oxygen atoms in total. The Hall–Kier alpha value is -1.80. The minimum absolute atomic E-state index is 0.121. The number of benzene rings is 1. The van der Waals surface area contributed by atoms with Gasteiger partial charge in [-0.2, -0.15) is 0 Å². The summed E-state index contributed by atoms with van der Waals surface area (Å²) < 4.78 is 0. The molecule has 1 heterocycles. The van der Waals surface area contributed by atoms with E-state index in [2.05, 4.69) is 17.2 Å². The van der Waals surface area contributed by atoms with E-state index in [1.165, 1.54) is 11.3 Å². The monoisotopic (exact) mass is 318 g/mol. The van der Waals surface area contributed by atoms with E-state index in [-0.39, 0.29) is 5.91 Å². The Labute approximate surface area is 133 Å². The van der Waals surface area contributed by atoms with Gasteiger partial charge in [-0.1, -0.05) is 41.6 Å². The molecule has 21 heavy (non-hydrogen) atoms. The van der Waals surface area contributed by atoms with Crippen molar-refractivity contribution in [1.29, 1.82) is 0 Å². The van der Waals surface area contributed by atoms with Crippen LogP contribution in [0.4, 0.5) is 0 Å². The SMILES string of the molecule is Cc1cc(C(=O)NCc2ccccc2Cl)sc1C#CCN. The number of hydrogen-bond acceptors (Lipinski definition) is 3. The Morgan fingerprint density at radius 3 is 2.90 bits per heavy atom. The number of carbonyl (C=O) groups excluding carboxylic acids is 1. The van der Waals surface area contributed by atoms with Gasteiger partial charge >= 0.3 is 0 Å². The molecule has 1 amide bonds. The standard InChI is InChI=1S/C16H15ClN2OS/c1-11-9-15(21-14(11)7-4-8-18)16(20)19-10-12-5-2-3-6-13(12)17/h2-3,5-6,9H,8,10,18H2,1H3,(H,19,20). The summed E-state index contributed by atoms with van der Waals surface area (Å²) in [7, 11) is 0. The van der Waals surface area contributed by atoms with Gasteiger partial charge < -0.3 is 11.1 Å². The first-order chi connectivity index (χ1) is 10.1. The average molecular weight is 319 g/mol. The minimum Gasteiger partial charge on any atom is -0.347 e. The van der Waals surface area contributed by atoms with Crippen LogP contribution in [-0.2, 0) is 6.54 Å². The van der Waals surface area contributed by atoms with Crippen molar-refractivity contribution in [2.24, 2.45) is 5.73 Å². The van der Waals surface area contributed by atoms with Crippen LogP contribution in [0.5, 0.6) is 0 Å². The highest BCUT2D eigenvalue weighted by Gasteiger charge is 2.11. The van der Waals surface area contributed by atoms with Crippen molar-refractivity contribution in [1.82, 2.24) is 5.32 Å². The van der Waals surface area contributed by atoms with E-state index in [9.17, 15) is 4.79 Å². The smallest absolute Gasteiger partial charge is 0.261 e. The predicted octanol–water partition coefficient (Wildman–Crippen LogP) is 2.95. The molecule has 108 valence electrons. The number of halogens is 1. The number of nitrogens with two attached hydrogens (primary N) is 1. The third-order valence-corrected chi connectivity index (χ3v) is 4.36. The lowest BCUT2D eigenvalue weighted by molar-refractivity contribution is 0.0955. The van der Waals surface area contributed by atoms with E-state index >= 15 is 0 Å². The zero-order valence-electron chi connectivity index (χ0n) is 11.6. The molecule has 0 atom stereocenters. The molecule has 0 fully saturated rings. The summed E-state index contributed by atoms with van der Waals surface area (Å²) in [4.78, 5) is 13.7. The Balaban J connectivity index is 2.06. The normalized spacial score (nSPS) is 9.86. The van der Waals surface area contributed by atoms with Crippen molar-refractivity contribution in [2.75, 3.05) is 6.54 Å². The molecule has 1 aromatic heterocycles. The van der Waals surface area contributed by atoms with Crippen molar-refractivity contribution in [3.63, 3.8) is 0 Å². The van der Waals surface area contributed by atoms with Crippen LogP contribution < -0.4 is 11.1 Å². The van der Waals surface area contributed by atoms with Gasteiger partial charge in [0.05, 0.1) is 16.3 Å². The third kappa shape index (κ3) is 4.08. The summed E-state index contributed by atoms with van der Waals surface area (Å²) in [5.74, 6) is 5.65. The molecule has 0 spiro atoms. The van der Waals surface area contributed by atoms with Gasteiger partial charge in [0.15, 0.2) is 0 Å². The first kappa shape index (κ1) is 15.6. The van der Waals surface area contributed by atoms with E-state index in [1.807, 2.05) is 31.2 Å². The second kappa shape index (κ2) is 7.28. The molecule has 0 aliphatic rings. The second-order valence-electron chi connectivity index (χ2n) is 4.40. The number of carbonyl (C=O) groups is 1. The van der Waals surface area contributed by atoms with Gasteiger partial charge in [0, 0.05) is 11.6 Å². The predicted molar refractivity (Wildman–Crippen MR) is 87.6 cm³/mol. The molecule has 2 aromatic rings. The van der Waals surface area contributed by atoms with Gasteiger partial charge in [-0.3, -0.25) is 4.79 Å². The fourth-order valence-corrected chi connectivity index (χ4v) is 2.92. The first-order valence-corrected chi connectivity index (χ1v) is 7.62.